The minimum absolute atomic E-state index is 0.492. The Labute approximate surface area is 100 Å². The van der Waals surface area contributed by atoms with Crippen LogP contribution in [0, 0.1) is 0 Å². The van der Waals surface area contributed by atoms with E-state index in [1.165, 1.54) is 6.39 Å². The number of anilines is 2. The smallest absolute Gasteiger partial charge is 0.213 e. The van der Waals surface area contributed by atoms with Gasteiger partial charge in [-0.3, -0.25) is 0 Å². The monoisotopic (exact) mass is 247 g/mol. The van der Waals surface area contributed by atoms with Gasteiger partial charge in [0.15, 0.2) is 11.0 Å². The fraction of sp³-hybridized carbons (Fsp3) is 0.100. The Morgan fingerprint density at radius 1 is 1.41 bits per heavy atom. The maximum absolute atomic E-state index is 5.71. The fourth-order valence-electron chi connectivity index (χ4n) is 1.44. The summed E-state index contributed by atoms with van der Waals surface area (Å²) in [5.74, 6) is 0.601. The van der Waals surface area contributed by atoms with Gasteiger partial charge in [0.25, 0.3) is 0 Å². The van der Waals surface area contributed by atoms with Crippen molar-refractivity contribution in [3.8, 4) is 0 Å². The molecule has 0 atom stereocenters. The quantitative estimate of drug-likeness (QED) is 0.687. The largest absolute Gasteiger partial charge is 0.399 e. The van der Waals surface area contributed by atoms with E-state index in [0.717, 1.165) is 21.0 Å². The van der Waals surface area contributed by atoms with Crippen molar-refractivity contribution in [3.63, 3.8) is 0 Å². The van der Waals surface area contributed by atoms with Gasteiger partial charge in [0, 0.05) is 5.69 Å². The minimum atomic E-state index is 0.492. The third-order valence-corrected chi connectivity index (χ3v) is 3.19. The van der Waals surface area contributed by atoms with E-state index in [2.05, 4.69) is 25.0 Å². The first-order valence-corrected chi connectivity index (χ1v) is 5.78. The molecule has 0 bridgehead atoms. The van der Waals surface area contributed by atoms with Crippen LogP contribution in [0.15, 0.2) is 29.1 Å². The van der Waals surface area contributed by atoms with Crippen molar-refractivity contribution in [3.05, 3.63) is 30.4 Å². The predicted octanol–water partition coefficient (Wildman–Crippen LogP) is 1.87. The van der Waals surface area contributed by atoms with Crippen LogP contribution >= 0.6 is 11.3 Å². The van der Waals surface area contributed by atoms with Crippen LogP contribution in [-0.4, -0.2) is 15.1 Å². The summed E-state index contributed by atoms with van der Waals surface area (Å²) in [7, 11) is 0. The number of benzene rings is 1. The van der Waals surface area contributed by atoms with E-state index < -0.39 is 0 Å². The van der Waals surface area contributed by atoms with E-state index >= 15 is 0 Å². The lowest BCUT2D eigenvalue weighted by Crippen LogP contribution is -2.00. The molecule has 0 fully saturated rings. The summed E-state index contributed by atoms with van der Waals surface area (Å²) in [6.45, 7) is 0.492. The Balaban J connectivity index is 1.81. The summed E-state index contributed by atoms with van der Waals surface area (Å²) in [6, 6.07) is 5.65. The SMILES string of the molecule is Nc1ccc2nc(NCc3ncon3)sc2c1. The van der Waals surface area contributed by atoms with Crippen molar-refractivity contribution < 1.29 is 4.52 Å². The van der Waals surface area contributed by atoms with Gasteiger partial charge in [0.05, 0.1) is 16.8 Å². The number of nitrogens with one attached hydrogen (secondary N) is 1. The molecule has 3 N–H and O–H groups in total. The maximum Gasteiger partial charge on any atom is 0.213 e. The highest BCUT2D eigenvalue weighted by Gasteiger charge is 2.05. The van der Waals surface area contributed by atoms with Crippen molar-refractivity contribution >= 4 is 32.4 Å². The molecule has 3 rings (SSSR count). The summed E-state index contributed by atoms with van der Waals surface area (Å²) in [5, 5.41) is 7.66. The van der Waals surface area contributed by atoms with E-state index in [1.807, 2.05) is 18.2 Å². The molecule has 0 aliphatic heterocycles. The first-order valence-electron chi connectivity index (χ1n) is 4.96. The molecule has 6 nitrogen and oxygen atoms in total. The lowest BCUT2D eigenvalue weighted by molar-refractivity contribution is 0.411. The molecular formula is C10H9N5OS. The van der Waals surface area contributed by atoms with Gasteiger partial charge in [0.2, 0.25) is 6.39 Å². The lowest BCUT2D eigenvalue weighted by Gasteiger charge is -1.95. The normalized spacial score (nSPS) is 10.8. The van der Waals surface area contributed by atoms with Gasteiger partial charge in [-0.05, 0) is 18.2 Å². The third-order valence-electron chi connectivity index (χ3n) is 2.22. The number of hydrogen-bond donors (Lipinski definition) is 2. The van der Waals surface area contributed by atoms with Crippen LogP contribution in [0.4, 0.5) is 10.8 Å². The molecule has 0 saturated heterocycles. The number of hydrogen-bond acceptors (Lipinski definition) is 7. The fourth-order valence-corrected chi connectivity index (χ4v) is 2.35. The van der Waals surface area contributed by atoms with E-state index in [9.17, 15) is 0 Å². The summed E-state index contributed by atoms with van der Waals surface area (Å²) in [4.78, 5) is 8.33. The van der Waals surface area contributed by atoms with E-state index in [4.69, 9.17) is 5.73 Å². The molecule has 17 heavy (non-hydrogen) atoms. The Morgan fingerprint density at radius 2 is 2.35 bits per heavy atom. The molecule has 0 unspecified atom stereocenters. The molecule has 0 aliphatic carbocycles. The Bertz CT molecular complexity index is 633. The van der Waals surface area contributed by atoms with Gasteiger partial charge in [-0.2, -0.15) is 4.98 Å². The standard InChI is InChI=1S/C10H9N5OS/c11-6-1-2-7-8(3-6)17-10(14-7)12-4-9-13-5-16-15-9/h1-3,5H,4,11H2,(H,12,14). The second kappa shape index (κ2) is 4.02. The molecule has 0 aliphatic rings. The van der Waals surface area contributed by atoms with Crippen LogP contribution in [-0.2, 0) is 6.54 Å². The minimum Gasteiger partial charge on any atom is -0.399 e. The predicted molar refractivity (Wildman–Crippen MR) is 65.7 cm³/mol. The molecule has 0 radical (unpaired) electrons. The first-order chi connectivity index (χ1) is 8.31. The maximum atomic E-state index is 5.71. The van der Waals surface area contributed by atoms with Gasteiger partial charge in [0.1, 0.15) is 0 Å². The van der Waals surface area contributed by atoms with Crippen LogP contribution in [0.25, 0.3) is 10.2 Å². The molecule has 2 heterocycles. The van der Waals surface area contributed by atoms with Crippen LogP contribution in [0.1, 0.15) is 5.82 Å². The van der Waals surface area contributed by atoms with Crippen LogP contribution < -0.4 is 11.1 Å². The molecule has 3 aromatic rings. The summed E-state index contributed by atoms with van der Waals surface area (Å²) >= 11 is 1.54. The number of rotatable bonds is 3. The zero-order valence-electron chi connectivity index (χ0n) is 8.75. The first kappa shape index (κ1) is 10.0. The average Bonchev–Trinajstić information content (AvgIpc) is 2.94. The Hall–Kier alpha value is -2.15. The van der Waals surface area contributed by atoms with Crippen molar-refractivity contribution in [2.24, 2.45) is 0 Å². The van der Waals surface area contributed by atoms with Crippen molar-refractivity contribution in [1.29, 1.82) is 0 Å². The van der Waals surface area contributed by atoms with Crippen LogP contribution in [0.5, 0.6) is 0 Å². The Kier molecular flexibility index (Phi) is 2.37. The molecule has 86 valence electrons. The number of aromatic nitrogens is 3. The summed E-state index contributed by atoms with van der Waals surface area (Å²) in [6.07, 6.45) is 1.30. The average molecular weight is 247 g/mol. The van der Waals surface area contributed by atoms with Crippen molar-refractivity contribution in [1.82, 2.24) is 15.1 Å². The third kappa shape index (κ3) is 2.04. The summed E-state index contributed by atoms with van der Waals surface area (Å²) < 4.78 is 5.70. The van der Waals surface area contributed by atoms with Gasteiger partial charge in [-0.25, -0.2) is 4.98 Å². The van der Waals surface area contributed by atoms with E-state index in [1.54, 1.807) is 11.3 Å². The second-order valence-electron chi connectivity index (χ2n) is 3.45. The van der Waals surface area contributed by atoms with Gasteiger partial charge in [-0.1, -0.05) is 16.5 Å². The molecule has 2 aromatic heterocycles. The molecule has 0 amide bonds. The highest BCUT2D eigenvalue weighted by atomic mass is 32.1. The van der Waals surface area contributed by atoms with Gasteiger partial charge >= 0.3 is 0 Å². The molecule has 7 heteroatoms. The summed E-state index contributed by atoms with van der Waals surface area (Å²) in [5.41, 5.74) is 7.38. The van der Waals surface area contributed by atoms with Gasteiger partial charge in [-0.15, -0.1) is 0 Å². The van der Waals surface area contributed by atoms with E-state index in [0.29, 0.717) is 12.4 Å². The van der Waals surface area contributed by atoms with Crippen LogP contribution in [0.3, 0.4) is 0 Å². The highest BCUT2D eigenvalue weighted by Crippen LogP contribution is 2.27. The molecule has 0 saturated carbocycles. The molecular weight excluding hydrogens is 238 g/mol. The number of fused-ring (bicyclic) bond motifs is 1. The number of thiazole rings is 1. The number of nitrogen functional groups attached to an aromatic ring is 1. The second-order valence-corrected chi connectivity index (χ2v) is 4.48. The van der Waals surface area contributed by atoms with Crippen LogP contribution in [0.2, 0.25) is 0 Å². The molecule has 1 aromatic carbocycles. The van der Waals surface area contributed by atoms with E-state index in [-0.39, 0.29) is 0 Å². The zero-order chi connectivity index (χ0) is 11.7. The van der Waals surface area contributed by atoms with Gasteiger partial charge < -0.3 is 15.6 Å². The highest BCUT2D eigenvalue weighted by molar-refractivity contribution is 7.22. The number of nitrogens with two attached hydrogens (primary N) is 1. The lowest BCUT2D eigenvalue weighted by atomic mass is 10.3. The number of nitrogens with zero attached hydrogens (tertiary/aromatic N) is 3. The zero-order valence-corrected chi connectivity index (χ0v) is 9.57. The van der Waals surface area contributed by atoms with Crippen molar-refractivity contribution in [2.45, 2.75) is 6.54 Å². The topological polar surface area (TPSA) is 89.9 Å². The van der Waals surface area contributed by atoms with Crippen molar-refractivity contribution in [2.75, 3.05) is 11.1 Å². The Morgan fingerprint density at radius 3 is 3.18 bits per heavy atom. The molecule has 0 spiro atoms.